The molecule has 0 aliphatic carbocycles. The first kappa shape index (κ1) is 22.2. The average molecular weight is 439 g/mol. The molecule has 1 aliphatic rings. The van der Waals surface area contributed by atoms with Gasteiger partial charge in [-0.15, -0.1) is 0 Å². The first-order valence-corrected chi connectivity index (χ1v) is 10.8. The van der Waals surface area contributed by atoms with Crippen LogP contribution in [0.1, 0.15) is 47.8 Å². The average Bonchev–Trinajstić information content (AvgIpc) is 3.28. The van der Waals surface area contributed by atoms with E-state index in [0.29, 0.717) is 28.3 Å². The maximum absolute atomic E-state index is 13.1. The van der Waals surface area contributed by atoms with Gasteiger partial charge in [0.1, 0.15) is 6.07 Å². The third-order valence-corrected chi connectivity index (χ3v) is 5.48. The van der Waals surface area contributed by atoms with Crippen molar-refractivity contribution >= 4 is 11.5 Å². The smallest absolute Gasteiger partial charge is 0.255 e. The standard InChI is InChI=1S/C28H26N2O3/c1-28(2,3)26(30-27(31)22-13-14-24-25(16-22)33-18-32-24)23(17-29)21-11-9-20(10-12-21)15-19-7-5-4-6-8-19/h4-14,16H,15,18H2,1-3H3,(H,30,31)/b26-23-. The summed E-state index contributed by atoms with van der Waals surface area (Å²) in [5.41, 5.74) is 4.16. The van der Waals surface area contributed by atoms with E-state index in [1.54, 1.807) is 18.2 Å². The van der Waals surface area contributed by atoms with E-state index in [2.05, 4.69) is 23.5 Å². The van der Waals surface area contributed by atoms with E-state index in [-0.39, 0.29) is 12.7 Å². The Morgan fingerprint density at radius 1 is 0.909 bits per heavy atom. The summed E-state index contributed by atoms with van der Waals surface area (Å²) in [5.74, 6) is 0.858. The van der Waals surface area contributed by atoms with Gasteiger partial charge < -0.3 is 14.8 Å². The van der Waals surface area contributed by atoms with Gasteiger partial charge in [-0.05, 0) is 41.3 Å². The second-order valence-electron chi connectivity index (χ2n) is 8.99. The lowest BCUT2D eigenvalue weighted by atomic mass is 9.86. The van der Waals surface area contributed by atoms with Crippen molar-refractivity contribution in [1.29, 1.82) is 5.26 Å². The first-order chi connectivity index (χ1) is 15.8. The van der Waals surface area contributed by atoms with Crippen molar-refractivity contribution in [3.05, 3.63) is 101 Å². The van der Waals surface area contributed by atoms with Crippen molar-refractivity contribution in [3.63, 3.8) is 0 Å². The van der Waals surface area contributed by atoms with Crippen LogP contribution in [0.5, 0.6) is 11.5 Å². The molecular formula is C28H26N2O3. The highest BCUT2D eigenvalue weighted by molar-refractivity contribution is 5.97. The van der Waals surface area contributed by atoms with E-state index in [0.717, 1.165) is 17.5 Å². The van der Waals surface area contributed by atoms with Crippen LogP contribution in [0, 0.1) is 16.7 Å². The maximum atomic E-state index is 13.1. The minimum Gasteiger partial charge on any atom is -0.454 e. The number of hydrogen-bond acceptors (Lipinski definition) is 4. The molecule has 0 saturated heterocycles. The number of amides is 1. The van der Waals surface area contributed by atoms with Crippen LogP contribution >= 0.6 is 0 Å². The lowest BCUT2D eigenvalue weighted by Gasteiger charge is -2.25. The summed E-state index contributed by atoms with van der Waals surface area (Å²) >= 11 is 0. The second kappa shape index (κ2) is 9.22. The molecule has 3 aromatic rings. The minimum atomic E-state index is -0.459. The fourth-order valence-electron chi connectivity index (χ4n) is 3.73. The van der Waals surface area contributed by atoms with Crippen LogP contribution < -0.4 is 14.8 Å². The molecule has 0 saturated carbocycles. The van der Waals surface area contributed by atoms with Crippen molar-refractivity contribution in [1.82, 2.24) is 5.32 Å². The van der Waals surface area contributed by atoms with Gasteiger partial charge in [-0.1, -0.05) is 75.4 Å². The summed E-state index contributed by atoms with van der Waals surface area (Å²) in [4.78, 5) is 13.1. The van der Waals surface area contributed by atoms with Crippen LogP contribution in [0.4, 0.5) is 0 Å². The highest BCUT2D eigenvalue weighted by atomic mass is 16.7. The van der Waals surface area contributed by atoms with Gasteiger partial charge in [-0.2, -0.15) is 5.26 Å². The molecule has 0 atom stereocenters. The van der Waals surface area contributed by atoms with Crippen LogP contribution in [-0.2, 0) is 6.42 Å². The molecule has 5 nitrogen and oxygen atoms in total. The zero-order chi connectivity index (χ0) is 23.4. The van der Waals surface area contributed by atoms with Gasteiger partial charge in [0.05, 0.1) is 5.57 Å². The monoisotopic (exact) mass is 438 g/mol. The summed E-state index contributed by atoms with van der Waals surface area (Å²) < 4.78 is 10.7. The molecule has 4 rings (SSSR count). The van der Waals surface area contributed by atoms with Crippen LogP contribution in [0.25, 0.3) is 5.57 Å². The Morgan fingerprint density at radius 3 is 2.21 bits per heavy atom. The summed E-state index contributed by atoms with van der Waals surface area (Å²) in [6.07, 6.45) is 0.819. The van der Waals surface area contributed by atoms with E-state index in [1.165, 1.54) is 5.56 Å². The maximum Gasteiger partial charge on any atom is 0.255 e. The minimum absolute atomic E-state index is 0.145. The van der Waals surface area contributed by atoms with Crippen LogP contribution in [-0.4, -0.2) is 12.7 Å². The molecule has 0 aromatic heterocycles. The highest BCUT2D eigenvalue weighted by Crippen LogP contribution is 2.34. The summed E-state index contributed by atoms with van der Waals surface area (Å²) in [6, 6.07) is 25.6. The quantitative estimate of drug-likeness (QED) is 0.518. The van der Waals surface area contributed by atoms with E-state index in [4.69, 9.17) is 9.47 Å². The molecule has 0 bridgehead atoms. The number of nitrogens with one attached hydrogen (secondary N) is 1. The highest BCUT2D eigenvalue weighted by Gasteiger charge is 2.26. The normalized spacial score (nSPS) is 13.2. The SMILES string of the molecule is CC(C)(C)/C(NC(=O)c1ccc2c(c1)OCO2)=C(\C#N)c1ccc(Cc2ccccc2)cc1. The molecule has 5 heteroatoms. The first-order valence-electron chi connectivity index (χ1n) is 10.8. The fraction of sp³-hybridized carbons (Fsp3) is 0.214. The van der Waals surface area contributed by atoms with Gasteiger partial charge in [0.2, 0.25) is 6.79 Å². The molecule has 3 aromatic carbocycles. The molecule has 1 aliphatic heterocycles. The van der Waals surface area contributed by atoms with Gasteiger partial charge in [0, 0.05) is 16.7 Å². The number of nitrogens with zero attached hydrogens (tertiary/aromatic N) is 1. The van der Waals surface area contributed by atoms with E-state index >= 15 is 0 Å². The van der Waals surface area contributed by atoms with Gasteiger partial charge in [-0.25, -0.2) is 0 Å². The Labute approximate surface area is 194 Å². The number of nitriles is 1. The van der Waals surface area contributed by atoms with E-state index in [9.17, 15) is 10.1 Å². The van der Waals surface area contributed by atoms with Gasteiger partial charge in [-0.3, -0.25) is 4.79 Å². The lowest BCUT2D eigenvalue weighted by Crippen LogP contribution is -2.31. The Balaban J connectivity index is 1.62. The van der Waals surface area contributed by atoms with Crippen molar-refractivity contribution in [3.8, 4) is 17.6 Å². The van der Waals surface area contributed by atoms with Crippen LogP contribution in [0.2, 0.25) is 0 Å². The molecule has 33 heavy (non-hydrogen) atoms. The number of carbonyl (C=O) groups is 1. The molecule has 0 spiro atoms. The Kier molecular flexibility index (Phi) is 6.19. The van der Waals surface area contributed by atoms with Crippen molar-refractivity contribution in [2.24, 2.45) is 5.41 Å². The summed E-state index contributed by atoms with van der Waals surface area (Å²) in [6.45, 7) is 6.07. The molecule has 1 amide bonds. The predicted octanol–water partition coefficient (Wildman–Crippen LogP) is 5.72. The number of ether oxygens (including phenoxy) is 2. The van der Waals surface area contributed by atoms with Crippen LogP contribution in [0.3, 0.4) is 0 Å². The van der Waals surface area contributed by atoms with E-state index < -0.39 is 5.41 Å². The molecule has 0 unspecified atom stereocenters. The molecule has 1 N–H and O–H groups in total. The van der Waals surface area contributed by atoms with Crippen LogP contribution in [0.15, 0.2) is 78.5 Å². The zero-order valence-electron chi connectivity index (χ0n) is 19.0. The fourth-order valence-corrected chi connectivity index (χ4v) is 3.73. The van der Waals surface area contributed by atoms with Crippen molar-refractivity contribution < 1.29 is 14.3 Å². The molecule has 0 fully saturated rings. The predicted molar refractivity (Wildman–Crippen MR) is 128 cm³/mol. The molecule has 1 heterocycles. The van der Waals surface area contributed by atoms with Crippen molar-refractivity contribution in [2.45, 2.75) is 27.2 Å². The third kappa shape index (κ3) is 5.07. The van der Waals surface area contributed by atoms with Gasteiger partial charge in [0.25, 0.3) is 5.91 Å². The van der Waals surface area contributed by atoms with Gasteiger partial charge in [0.15, 0.2) is 11.5 Å². The molecule has 0 radical (unpaired) electrons. The summed E-state index contributed by atoms with van der Waals surface area (Å²) in [7, 11) is 0. The number of allylic oxidation sites excluding steroid dienone is 2. The second-order valence-corrected chi connectivity index (χ2v) is 8.99. The topological polar surface area (TPSA) is 71.3 Å². The number of carbonyl (C=O) groups excluding carboxylic acids is 1. The lowest BCUT2D eigenvalue weighted by molar-refractivity contribution is 0.0957. The molecule has 166 valence electrons. The number of hydrogen-bond donors (Lipinski definition) is 1. The number of benzene rings is 3. The van der Waals surface area contributed by atoms with Crippen molar-refractivity contribution in [2.75, 3.05) is 6.79 Å². The Bertz CT molecular complexity index is 1230. The zero-order valence-corrected chi connectivity index (χ0v) is 19.0. The van der Waals surface area contributed by atoms with Gasteiger partial charge >= 0.3 is 0 Å². The Morgan fingerprint density at radius 2 is 1.55 bits per heavy atom. The summed E-state index contributed by atoms with van der Waals surface area (Å²) in [5, 5.41) is 13.0. The van der Waals surface area contributed by atoms with E-state index in [1.807, 2.05) is 63.2 Å². The Hall–Kier alpha value is -4.04. The third-order valence-electron chi connectivity index (χ3n) is 5.48. The number of rotatable bonds is 5. The molecular weight excluding hydrogens is 412 g/mol. The number of fused-ring (bicyclic) bond motifs is 1. The largest absolute Gasteiger partial charge is 0.454 e.